The lowest BCUT2D eigenvalue weighted by Gasteiger charge is -2.23. The molecule has 0 bridgehead atoms. The number of rotatable bonds is 4. The lowest BCUT2D eigenvalue weighted by atomic mass is 10.0. The molecule has 0 amide bonds. The summed E-state index contributed by atoms with van der Waals surface area (Å²) in [5, 5.41) is 23.0. The van der Waals surface area contributed by atoms with Crippen molar-refractivity contribution in [2.75, 3.05) is 25.1 Å². The molecule has 2 aromatic rings. The highest BCUT2D eigenvalue weighted by molar-refractivity contribution is 5.96. The molecule has 1 unspecified atom stereocenters. The summed E-state index contributed by atoms with van der Waals surface area (Å²) in [5.41, 5.74) is 0.220. The van der Waals surface area contributed by atoms with Gasteiger partial charge in [-0.25, -0.2) is 9.48 Å². The molecule has 0 spiro atoms. The van der Waals surface area contributed by atoms with Crippen molar-refractivity contribution in [3.05, 3.63) is 64.2 Å². The number of anilines is 1. The molecular weight excluding hydrogens is 438 g/mol. The fraction of sp³-hybridized carbons (Fsp3) is 0.381. The van der Waals surface area contributed by atoms with Crippen LogP contribution in [0.4, 0.5) is 11.4 Å². The number of hydrogen-bond acceptors (Lipinski definition) is 5. The smallest absolute Gasteiger partial charge is 0.271 e. The highest BCUT2D eigenvalue weighted by Gasteiger charge is 2.52. The molecule has 2 aromatic carbocycles. The third kappa shape index (κ3) is 3.86. The van der Waals surface area contributed by atoms with E-state index in [2.05, 4.69) is 4.90 Å². The second-order valence-corrected chi connectivity index (χ2v) is 7.29. The number of nitro benzene ring substituents is 1. The molecule has 0 saturated heterocycles. The van der Waals surface area contributed by atoms with Gasteiger partial charge in [-0.15, -0.1) is 0 Å². The van der Waals surface area contributed by atoms with Crippen molar-refractivity contribution >= 4 is 17.2 Å². The maximum Gasteiger partial charge on any atom is 0.271 e. The molecule has 8 heteroatoms. The Morgan fingerprint density at radius 1 is 1.17 bits per heavy atom. The van der Waals surface area contributed by atoms with E-state index >= 15 is 0 Å². The third-order valence-corrected chi connectivity index (χ3v) is 5.63. The van der Waals surface area contributed by atoms with E-state index in [1.807, 2.05) is 28.8 Å². The van der Waals surface area contributed by atoms with Crippen molar-refractivity contribution in [3.63, 3.8) is 0 Å². The van der Waals surface area contributed by atoms with Crippen LogP contribution in [-0.2, 0) is 5.72 Å². The zero-order chi connectivity index (χ0) is 19.7. The number of aliphatic hydroxyl groups is 1. The molecular formula is C21H24BrN3O4. The molecule has 2 heterocycles. The van der Waals surface area contributed by atoms with Crippen molar-refractivity contribution in [2.24, 2.45) is 0 Å². The van der Waals surface area contributed by atoms with Crippen LogP contribution in [0.1, 0.15) is 31.2 Å². The first-order valence-corrected chi connectivity index (χ1v) is 9.55. The summed E-state index contributed by atoms with van der Waals surface area (Å²) in [4.78, 5) is 12.9. The van der Waals surface area contributed by atoms with E-state index in [9.17, 15) is 15.2 Å². The number of ether oxygens (including phenoxy) is 1. The first-order valence-electron chi connectivity index (χ1n) is 9.55. The number of hydrogen-bond donors (Lipinski definition) is 1. The number of methoxy groups -OCH3 is 1. The SMILES string of the molecule is COc1ccc(N2CC(O)(c3cccc([N+](=O)[O-])c3)[N+]3=C2CCCCC3)cc1.[Br-]. The second kappa shape index (κ2) is 8.51. The predicted molar refractivity (Wildman–Crippen MR) is 106 cm³/mol. The molecule has 0 saturated carbocycles. The van der Waals surface area contributed by atoms with Gasteiger partial charge in [-0.1, -0.05) is 12.1 Å². The van der Waals surface area contributed by atoms with Crippen LogP contribution < -0.4 is 26.6 Å². The number of β-amino-alcohol motifs (C(OH)–C–C–N with tert-alkyl or cyclic N) is 1. The number of benzene rings is 2. The van der Waals surface area contributed by atoms with Crippen LogP contribution in [0.2, 0.25) is 0 Å². The lowest BCUT2D eigenvalue weighted by molar-refractivity contribution is -0.658. The number of nitro groups is 1. The van der Waals surface area contributed by atoms with Gasteiger partial charge in [-0.05, 0) is 43.5 Å². The molecule has 2 aliphatic heterocycles. The van der Waals surface area contributed by atoms with Gasteiger partial charge in [0.05, 0.1) is 18.6 Å². The van der Waals surface area contributed by atoms with Crippen molar-refractivity contribution < 1.29 is 36.3 Å². The van der Waals surface area contributed by atoms with E-state index in [4.69, 9.17) is 4.74 Å². The Labute approximate surface area is 180 Å². The largest absolute Gasteiger partial charge is 1.00 e. The van der Waals surface area contributed by atoms with Gasteiger partial charge in [0.25, 0.3) is 17.2 Å². The standard InChI is InChI=1S/C21H24N3O4.BrH/c1-28-19-11-9-17(10-12-19)22-15-21(25,23-13-4-2-3-8-20(22)23)16-6-5-7-18(14-16)24(26)27;/h5-7,9-12,14,25H,2-4,8,13,15H2,1H3;1H/q+1;/p-1. The molecule has 1 N–H and O–H groups in total. The van der Waals surface area contributed by atoms with Crippen molar-refractivity contribution in [3.8, 4) is 5.75 Å². The molecule has 0 aromatic heterocycles. The van der Waals surface area contributed by atoms with Gasteiger partial charge in [0.1, 0.15) is 11.4 Å². The summed E-state index contributed by atoms with van der Waals surface area (Å²) in [5.74, 6) is 1.84. The summed E-state index contributed by atoms with van der Waals surface area (Å²) in [6.45, 7) is 1.05. The topological polar surface area (TPSA) is 78.9 Å². The normalized spacial score (nSPS) is 21.2. The van der Waals surface area contributed by atoms with Gasteiger partial charge >= 0.3 is 0 Å². The van der Waals surface area contributed by atoms with E-state index < -0.39 is 10.6 Å². The van der Waals surface area contributed by atoms with Crippen LogP contribution in [0, 0.1) is 10.1 Å². The van der Waals surface area contributed by atoms with E-state index in [0.717, 1.165) is 49.5 Å². The Hall–Kier alpha value is -2.45. The van der Waals surface area contributed by atoms with Crippen LogP contribution in [0.3, 0.4) is 0 Å². The number of nitrogens with zero attached hydrogens (tertiary/aromatic N) is 3. The Balaban J connectivity index is 0.00000240. The van der Waals surface area contributed by atoms with Gasteiger partial charge in [0.2, 0.25) is 0 Å². The zero-order valence-electron chi connectivity index (χ0n) is 16.3. The molecule has 0 radical (unpaired) electrons. The molecule has 2 aliphatic rings. The number of amidine groups is 1. The van der Waals surface area contributed by atoms with E-state index in [1.165, 1.54) is 12.1 Å². The first-order chi connectivity index (χ1) is 13.5. The molecule has 1 atom stereocenters. The summed E-state index contributed by atoms with van der Waals surface area (Å²) in [6, 6.07) is 14.1. The summed E-state index contributed by atoms with van der Waals surface area (Å²) < 4.78 is 7.29. The Morgan fingerprint density at radius 3 is 2.62 bits per heavy atom. The molecule has 0 aliphatic carbocycles. The number of halogens is 1. The fourth-order valence-electron chi connectivity index (χ4n) is 4.19. The highest BCUT2D eigenvalue weighted by atomic mass is 79.9. The predicted octanol–water partition coefficient (Wildman–Crippen LogP) is 0.258. The average molecular weight is 462 g/mol. The van der Waals surface area contributed by atoms with Crippen LogP contribution in [0.15, 0.2) is 48.5 Å². The van der Waals surface area contributed by atoms with E-state index in [1.54, 1.807) is 19.2 Å². The third-order valence-electron chi connectivity index (χ3n) is 5.63. The summed E-state index contributed by atoms with van der Waals surface area (Å²) in [6.07, 6.45) is 4.01. The monoisotopic (exact) mass is 461 g/mol. The maximum absolute atomic E-state index is 11.7. The minimum Gasteiger partial charge on any atom is -1.00 e. The second-order valence-electron chi connectivity index (χ2n) is 7.29. The lowest BCUT2D eigenvalue weighted by Crippen LogP contribution is -3.00. The average Bonchev–Trinajstić information content (AvgIpc) is 2.87. The number of non-ortho nitro benzene ring substituents is 1. The molecule has 4 rings (SSSR count). The van der Waals surface area contributed by atoms with Crippen molar-refractivity contribution in [2.45, 2.75) is 31.4 Å². The van der Waals surface area contributed by atoms with Crippen LogP contribution in [-0.4, -0.2) is 40.6 Å². The minimum atomic E-state index is -1.30. The molecule has 7 nitrogen and oxygen atoms in total. The Kier molecular flexibility index (Phi) is 6.24. The zero-order valence-corrected chi connectivity index (χ0v) is 17.8. The molecule has 154 valence electrons. The Morgan fingerprint density at radius 2 is 1.93 bits per heavy atom. The van der Waals surface area contributed by atoms with Gasteiger partial charge < -0.3 is 26.8 Å². The van der Waals surface area contributed by atoms with Crippen LogP contribution in [0.5, 0.6) is 5.75 Å². The maximum atomic E-state index is 11.7. The fourth-order valence-corrected chi connectivity index (χ4v) is 4.19. The summed E-state index contributed by atoms with van der Waals surface area (Å²) in [7, 11) is 1.63. The van der Waals surface area contributed by atoms with Crippen molar-refractivity contribution in [1.82, 2.24) is 0 Å². The Bertz CT molecular complexity index is 932. The van der Waals surface area contributed by atoms with Gasteiger partial charge in [0, 0.05) is 24.1 Å². The van der Waals surface area contributed by atoms with Crippen LogP contribution in [0.25, 0.3) is 0 Å². The first kappa shape index (κ1) is 21.3. The van der Waals surface area contributed by atoms with Crippen LogP contribution >= 0.6 is 0 Å². The summed E-state index contributed by atoms with van der Waals surface area (Å²) >= 11 is 0. The highest BCUT2D eigenvalue weighted by Crippen LogP contribution is 2.36. The van der Waals surface area contributed by atoms with Crippen molar-refractivity contribution in [1.29, 1.82) is 0 Å². The minimum absolute atomic E-state index is 0. The van der Waals surface area contributed by atoms with Gasteiger partial charge in [-0.2, -0.15) is 0 Å². The quantitative estimate of drug-likeness (QED) is 0.401. The molecule has 0 fully saturated rings. The van der Waals surface area contributed by atoms with E-state index in [0.29, 0.717) is 12.1 Å². The van der Waals surface area contributed by atoms with Gasteiger partial charge in [0.15, 0.2) is 6.54 Å². The van der Waals surface area contributed by atoms with Gasteiger partial charge in [-0.3, -0.25) is 10.1 Å². The van der Waals surface area contributed by atoms with E-state index in [-0.39, 0.29) is 22.7 Å². The molecule has 29 heavy (non-hydrogen) atoms.